The molecule has 1 aromatic carbocycles. The lowest BCUT2D eigenvalue weighted by Crippen LogP contribution is -2.40. The third-order valence-electron chi connectivity index (χ3n) is 4.99. The molecule has 0 aliphatic carbocycles. The molecule has 0 unspecified atom stereocenters. The molecule has 148 valence electrons. The molecule has 0 saturated carbocycles. The molecule has 1 amide bonds. The highest BCUT2D eigenvalue weighted by atomic mass is 32.1. The zero-order chi connectivity index (χ0) is 20.2. The second-order valence-corrected chi connectivity index (χ2v) is 8.05. The van der Waals surface area contributed by atoms with Gasteiger partial charge in [-0.25, -0.2) is 9.97 Å². The number of para-hydroxylation sites is 1. The molecule has 1 aliphatic heterocycles. The molecule has 3 aromatic heterocycles. The number of nitrogens with zero attached hydrogens (tertiary/aromatic N) is 3. The molecule has 9 heteroatoms. The quantitative estimate of drug-likeness (QED) is 0.535. The van der Waals surface area contributed by atoms with Crippen LogP contribution in [0.3, 0.4) is 0 Å². The zero-order valence-electron chi connectivity index (χ0n) is 15.4. The van der Waals surface area contributed by atoms with E-state index in [2.05, 4.69) is 15.0 Å². The fraction of sp³-hybridized carbons (Fsp3) is 0.250. The van der Waals surface area contributed by atoms with Gasteiger partial charge in [0, 0.05) is 31.0 Å². The SMILES string of the molecule is CC(F)(F)c1ncc(C(=O)N2CCc3[nH]cnc3[C@H]2c2cc3ccccc3o2)s1. The molecule has 0 saturated heterocycles. The molecule has 1 N–H and O–H groups in total. The Morgan fingerprint density at radius 3 is 2.93 bits per heavy atom. The first-order valence-electron chi connectivity index (χ1n) is 9.07. The Hall–Kier alpha value is -3.07. The number of amides is 1. The molecule has 0 radical (unpaired) electrons. The van der Waals surface area contributed by atoms with E-state index in [-0.39, 0.29) is 15.8 Å². The Balaban J connectivity index is 1.57. The highest BCUT2D eigenvalue weighted by molar-refractivity contribution is 7.13. The summed E-state index contributed by atoms with van der Waals surface area (Å²) in [5, 5.41) is 0.543. The second kappa shape index (κ2) is 6.48. The van der Waals surface area contributed by atoms with Crippen molar-refractivity contribution in [1.29, 1.82) is 0 Å². The predicted octanol–water partition coefficient (Wildman–Crippen LogP) is 4.51. The summed E-state index contributed by atoms with van der Waals surface area (Å²) in [5.41, 5.74) is 2.35. The van der Waals surface area contributed by atoms with Crippen LogP contribution in [0.15, 0.2) is 47.3 Å². The van der Waals surface area contributed by atoms with Gasteiger partial charge in [0.05, 0.1) is 18.2 Å². The average molecular weight is 414 g/mol. The molecule has 1 atom stereocenters. The number of fused-ring (bicyclic) bond motifs is 2. The van der Waals surface area contributed by atoms with E-state index < -0.39 is 12.0 Å². The standard InChI is InChI=1S/C20H16F2N4O2S/c1-20(21,22)19-23-9-15(29-19)18(27)26-7-6-12-16(25-10-24-12)17(26)14-8-11-4-2-3-5-13(11)28-14/h2-5,8-10,17H,6-7H2,1H3,(H,24,25)/t17-/m1/s1. The summed E-state index contributed by atoms with van der Waals surface area (Å²) in [7, 11) is 0. The number of carbonyl (C=O) groups excluding carboxylic acids is 1. The number of hydrogen-bond acceptors (Lipinski definition) is 5. The molecule has 5 rings (SSSR count). The van der Waals surface area contributed by atoms with Gasteiger partial charge in [-0.1, -0.05) is 18.2 Å². The van der Waals surface area contributed by atoms with Gasteiger partial charge < -0.3 is 14.3 Å². The van der Waals surface area contributed by atoms with Crippen LogP contribution in [0.5, 0.6) is 0 Å². The average Bonchev–Trinajstić information content (AvgIpc) is 3.44. The summed E-state index contributed by atoms with van der Waals surface area (Å²) in [6.45, 7) is 1.18. The maximum absolute atomic E-state index is 13.6. The molecule has 4 heterocycles. The molecule has 0 fully saturated rings. The van der Waals surface area contributed by atoms with E-state index in [0.29, 0.717) is 41.3 Å². The Morgan fingerprint density at radius 2 is 2.17 bits per heavy atom. The van der Waals surface area contributed by atoms with Crippen LogP contribution >= 0.6 is 11.3 Å². The van der Waals surface area contributed by atoms with Gasteiger partial charge >= 0.3 is 0 Å². The van der Waals surface area contributed by atoms with Crippen molar-refractivity contribution in [3.63, 3.8) is 0 Å². The van der Waals surface area contributed by atoms with Gasteiger partial charge in [0.25, 0.3) is 11.8 Å². The lowest BCUT2D eigenvalue weighted by Gasteiger charge is -2.33. The first-order valence-corrected chi connectivity index (χ1v) is 9.89. The largest absolute Gasteiger partial charge is 0.458 e. The van der Waals surface area contributed by atoms with Crippen LogP contribution < -0.4 is 0 Å². The first-order chi connectivity index (χ1) is 13.9. The minimum atomic E-state index is -3.08. The number of furan rings is 1. The van der Waals surface area contributed by atoms with E-state index in [1.54, 1.807) is 11.2 Å². The molecule has 1 aliphatic rings. The van der Waals surface area contributed by atoms with Crippen molar-refractivity contribution < 1.29 is 18.0 Å². The minimum Gasteiger partial charge on any atom is -0.458 e. The van der Waals surface area contributed by atoms with Crippen LogP contribution in [0.25, 0.3) is 11.0 Å². The minimum absolute atomic E-state index is 0.168. The second-order valence-electron chi connectivity index (χ2n) is 7.02. The molecule has 29 heavy (non-hydrogen) atoms. The first kappa shape index (κ1) is 18.0. The van der Waals surface area contributed by atoms with Crippen molar-refractivity contribution in [3.8, 4) is 0 Å². The van der Waals surface area contributed by atoms with Crippen molar-refractivity contribution in [2.75, 3.05) is 6.54 Å². The summed E-state index contributed by atoms with van der Waals surface area (Å²) >= 11 is 0.716. The highest BCUT2D eigenvalue weighted by Gasteiger charge is 2.38. The molecule has 0 bridgehead atoms. The van der Waals surface area contributed by atoms with Crippen LogP contribution in [0.1, 0.15) is 44.8 Å². The summed E-state index contributed by atoms with van der Waals surface area (Å²) in [6.07, 6.45) is 3.40. The van der Waals surface area contributed by atoms with E-state index in [0.717, 1.165) is 18.0 Å². The van der Waals surface area contributed by atoms with Crippen LogP contribution in [0.2, 0.25) is 0 Å². The van der Waals surface area contributed by atoms with Crippen LogP contribution in [-0.2, 0) is 12.3 Å². The number of imidazole rings is 1. The fourth-order valence-corrected chi connectivity index (χ4v) is 4.44. The number of carbonyl (C=O) groups is 1. The van der Waals surface area contributed by atoms with Gasteiger partial charge in [0.1, 0.15) is 22.3 Å². The van der Waals surface area contributed by atoms with Gasteiger partial charge in [-0.2, -0.15) is 8.78 Å². The van der Waals surface area contributed by atoms with Gasteiger partial charge in [0.2, 0.25) is 0 Å². The third-order valence-corrected chi connectivity index (χ3v) is 6.15. The summed E-state index contributed by atoms with van der Waals surface area (Å²) in [6, 6.07) is 8.93. The van der Waals surface area contributed by atoms with Crippen LogP contribution in [0, 0.1) is 0 Å². The number of H-pyrrole nitrogens is 1. The Bertz CT molecular complexity index is 1170. The van der Waals surface area contributed by atoms with Gasteiger partial charge in [-0.05, 0) is 12.1 Å². The van der Waals surface area contributed by atoms with E-state index in [1.165, 1.54) is 6.20 Å². The molecule has 4 aromatic rings. The maximum atomic E-state index is 13.6. The van der Waals surface area contributed by atoms with Gasteiger partial charge in [-0.3, -0.25) is 4.79 Å². The summed E-state index contributed by atoms with van der Waals surface area (Å²) in [4.78, 5) is 26.3. The number of alkyl halides is 2. The number of halogens is 2. The number of aromatic nitrogens is 3. The lowest BCUT2D eigenvalue weighted by molar-refractivity contribution is 0.0172. The molecule has 0 spiro atoms. The normalized spacial score (nSPS) is 16.9. The van der Waals surface area contributed by atoms with Crippen molar-refractivity contribution in [2.24, 2.45) is 0 Å². The van der Waals surface area contributed by atoms with E-state index >= 15 is 0 Å². The fourth-order valence-electron chi connectivity index (χ4n) is 3.64. The van der Waals surface area contributed by atoms with E-state index in [1.807, 2.05) is 30.3 Å². The number of rotatable bonds is 3. The number of nitrogens with one attached hydrogen (secondary N) is 1. The van der Waals surface area contributed by atoms with Crippen molar-refractivity contribution in [1.82, 2.24) is 19.9 Å². The summed E-state index contributed by atoms with van der Waals surface area (Å²) in [5.74, 6) is -2.87. The third kappa shape index (κ3) is 3.02. The maximum Gasteiger partial charge on any atom is 0.296 e. The Kier molecular flexibility index (Phi) is 4.02. The number of benzene rings is 1. The molecular weight excluding hydrogens is 398 g/mol. The molecule has 6 nitrogen and oxygen atoms in total. The summed E-state index contributed by atoms with van der Waals surface area (Å²) < 4.78 is 33.2. The van der Waals surface area contributed by atoms with Gasteiger partial charge in [0.15, 0.2) is 5.01 Å². The van der Waals surface area contributed by atoms with Crippen molar-refractivity contribution in [2.45, 2.75) is 25.3 Å². The highest BCUT2D eigenvalue weighted by Crippen LogP contribution is 2.38. The van der Waals surface area contributed by atoms with Crippen molar-refractivity contribution in [3.05, 3.63) is 69.9 Å². The zero-order valence-corrected chi connectivity index (χ0v) is 16.2. The van der Waals surface area contributed by atoms with Crippen LogP contribution in [0.4, 0.5) is 8.78 Å². The molecular formula is C20H16F2N4O2S. The smallest absolute Gasteiger partial charge is 0.296 e. The van der Waals surface area contributed by atoms with E-state index in [9.17, 15) is 13.6 Å². The lowest BCUT2D eigenvalue weighted by atomic mass is 10.00. The number of aromatic amines is 1. The Morgan fingerprint density at radius 1 is 1.34 bits per heavy atom. The monoisotopic (exact) mass is 414 g/mol. The Labute approximate surface area is 168 Å². The predicted molar refractivity (Wildman–Crippen MR) is 103 cm³/mol. The van der Waals surface area contributed by atoms with Crippen LogP contribution in [-0.4, -0.2) is 32.3 Å². The topological polar surface area (TPSA) is 75.0 Å². The van der Waals surface area contributed by atoms with Gasteiger partial charge in [-0.15, -0.1) is 11.3 Å². The van der Waals surface area contributed by atoms with Crippen molar-refractivity contribution >= 4 is 28.2 Å². The van der Waals surface area contributed by atoms with E-state index in [4.69, 9.17) is 4.42 Å². The number of hydrogen-bond donors (Lipinski definition) is 1. The number of thiazole rings is 1.